The van der Waals surface area contributed by atoms with E-state index in [0.29, 0.717) is 55.6 Å². The fourth-order valence-electron chi connectivity index (χ4n) is 4.69. The summed E-state index contributed by atoms with van der Waals surface area (Å²) >= 11 is 3.04. The van der Waals surface area contributed by atoms with Crippen LogP contribution >= 0.6 is 23.5 Å². The molecule has 4 N–H and O–H groups in total. The molecule has 0 heterocycles. The van der Waals surface area contributed by atoms with Gasteiger partial charge in [-0.25, -0.2) is 9.59 Å². The first kappa shape index (κ1) is 33.8. The summed E-state index contributed by atoms with van der Waals surface area (Å²) in [6.07, 6.45) is 4.84. The number of carboxylic acids is 4. The molecule has 8 nitrogen and oxygen atoms in total. The van der Waals surface area contributed by atoms with Crippen molar-refractivity contribution in [3.05, 3.63) is 34.4 Å². The number of benzene rings is 1. The number of thioether (sulfide) groups is 2. The van der Waals surface area contributed by atoms with Crippen LogP contribution in [0.15, 0.2) is 12.1 Å². The molecule has 0 aliphatic heterocycles. The van der Waals surface area contributed by atoms with Gasteiger partial charge >= 0.3 is 23.9 Å². The Morgan fingerprint density at radius 3 is 1.53 bits per heavy atom. The van der Waals surface area contributed by atoms with Crippen molar-refractivity contribution in [2.45, 2.75) is 89.6 Å². The quantitative estimate of drug-likeness (QED) is 0.126. The Labute approximate surface area is 234 Å². The van der Waals surface area contributed by atoms with Gasteiger partial charge in [-0.3, -0.25) is 9.59 Å². The lowest BCUT2D eigenvalue weighted by molar-refractivity contribution is -0.143. The summed E-state index contributed by atoms with van der Waals surface area (Å²) in [7, 11) is 0. The van der Waals surface area contributed by atoms with Gasteiger partial charge in [0.2, 0.25) is 0 Å². The summed E-state index contributed by atoms with van der Waals surface area (Å²) in [6.45, 7) is 7.77. The van der Waals surface area contributed by atoms with Crippen molar-refractivity contribution in [2.75, 3.05) is 11.5 Å². The maximum atomic E-state index is 12.4. The molecule has 0 fully saturated rings. The molecule has 0 aromatic heterocycles. The molecule has 10 heteroatoms. The van der Waals surface area contributed by atoms with E-state index in [1.165, 1.54) is 17.8 Å². The SMILES string of the molecule is CCCC(CCSC(CC)c1ccc(C(=O)O)c(C(=O)O)c1C(CC)SCCC(CCC)C(=O)O)C(=O)O. The molecule has 0 saturated carbocycles. The van der Waals surface area contributed by atoms with Gasteiger partial charge in [-0.15, -0.1) is 0 Å². The van der Waals surface area contributed by atoms with Gasteiger partial charge in [-0.1, -0.05) is 46.6 Å². The molecule has 1 aromatic rings. The van der Waals surface area contributed by atoms with E-state index in [1.54, 1.807) is 17.8 Å². The number of carboxylic acid groups (broad SMARTS) is 4. The summed E-state index contributed by atoms with van der Waals surface area (Å²) in [5, 5.41) is 38.4. The monoisotopic (exact) mass is 570 g/mol. The third kappa shape index (κ3) is 9.84. The zero-order chi connectivity index (χ0) is 28.8. The van der Waals surface area contributed by atoms with Gasteiger partial charge in [0.15, 0.2) is 0 Å². The van der Waals surface area contributed by atoms with Gasteiger partial charge in [-0.2, -0.15) is 23.5 Å². The van der Waals surface area contributed by atoms with E-state index < -0.39 is 35.7 Å². The lowest BCUT2D eigenvalue weighted by atomic mass is 9.90. The van der Waals surface area contributed by atoms with Gasteiger partial charge in [-0.05, 0) is 67.2 Å². The number of rotatable bonds is 20. The van der Waals surface area contributed by atoms with E-state index >= 15 is 0 Å². The molecule has 1 rings (SSSR count). The van der Waals surface area contributed by atoms with Crippen molar-refractivity contribution in [1.29, 1.82) is 0 Å². The number of carbonyl (C=O) groups is 4. The highest BCUT2D eigenvalue weighted by Gasteiger charge is 2.30. The summed E-state index contributed by atoms with van der Waals surface area (Å²) in [6, 6.07) is 3.05. The third-order valence-electron chi connectivity index (χ3n) is 6.68. The highest BCUT2D eigenvalue weighted by Crippen LogP contribution is 2.45. The third-order valence-corrected chi connectivity index (χ3v) is 9.58. The van der Waals surface area contributed by atoms with Crippen LogP contribution in [0, 0.1) is 11.8 Å². The molecular weight excluding hydrogens is 528 g/mol. The Morgan fingerprint density at radius 2 is 1.16 bits per heavy atom. The number of aromatic carboxylic acids is 2. The maximum absolute atomic E-state index is 12.4. The van der Waals surface area contributed by atoms with Gasteiger partial charge in [0.05, 0.1) is 23.0 Å². The van der Waals surface area contributed by atoms with E-state index in [9.17, 15) is 39.6 Å². The van der Waals surface area contributed by atoms with Gasteiger partial charge in [0, 0.05) is 10.5 Å². The lowest BCUT2D eigenvalue weighted by Gasteiger charge is -2.27. The Hall–Kier alpha value is -2.20. The zero-order valence-corrected chi connectivity index (χ0v) is 24.4. The van der Waals surface area contributed by atoms with Gasteiger partial charge < -0.3 is 20.4 Å². The van der Waals surface area contributed by atoms with Crippen molar-refractivity contribution in [2.24, 2.45) is 11.8 Å². The average molecular weight is 571 g/mol. The van der Waals surface area contributed by atoms with E-state index in [-0.39, 0.29) is 21.6 Å². The van der Waals surface area contributed by atoms with Crippen LogP contribution in [-0.4, -0.2) is 55.8 Å². The van der Waals surface area contributed by atoms with Crippen LogP contribution in [0.1, 0.15) is 121 Å². The molecular formula is C28H42O8S2. The summed E-state index contributed by atoms with van der Waals surface area (Å²) in [4.78, 5) is 47.5. The topological polar surface area (TPSA) is 149 Å². The Kier molecular flexibility index (Phi) is 15.5. The molecule has 0 amide bonds. The van der Waals surface area contributed by atoms with Crippen LogP contribution in [0.2, 0.25) is 0 Å². The largest absolute Gasteiger partial charge is 0.481 e. The van der Waals surface area contributed by atoms with Crippen LogP contribution in [-0.2, 0) is 9.59 Å². The number of aliphatic carboxylic acids is 2. The fourth-order valence-corrected chi connectivity index (χ4v) is 7.38. The molecule has 0 saturated heterocycles. The summed E-state index contributed by atoms with van der Waals surface area (Å²) in [5.41, 5.74) is 0.754. The molecule has 38 heavy (non-hydrogen) atoms. The van der Waals surface area contributed by atoms with Crippen molar-refractivity contribution >= 4 is 47.4 Å². The summed E-state index contributed by atoms with van der Waals surface area (Å²) in [5.74, 6) is -4.09. The second-order valence-electron chi connectivity index (χ2n) is 9.36. The van der Waals surface area contributed by atoms with Gasteiger partial charge in [0.25, 0.3) is 0 Å². The molecule has 4 unspecified atom stereocenters. The fraction of sp³-hybridized carbons (Fsp3) is 0.643. The average Bonchev–Trinajstić information content (AvgIpc) is 2.86. The standard InChI is InChI=1S/C28H42O8S2/c1-5-9-17(25(29)30)13-15-37-21(7-3)19-11-12-20(27(33)34)24(28(35)36)23(19)22(8-4)38-16-14-18(10-6-2)26(31)32/h11-12,17-18,21-22H,5-10,13-16H2,1-4H3,(H,29,30)(H,31,32)(H,33,34)(H,35,36). The lowest BCUT2D eigenvalue weighted by Crippen LogP contribution is -2.18. The number of hydrogen-bond donors (Lipinski definition) is 4. The second kappa shape index (κ2) is 17.4. The normalized spacial score (nSPS) is 14.4. The Morgan fingerprint density at radius 1 is 0.684 bits per heavy atom. The van der Waals surface area contributed by atoms with E-state index in [4.69, 9.17) is 0 Å². The minimum atomic E-state index is -1.31. The van der Waals surface area contributed by atoms with E-state index in [0.717, 1.165) is 18.4 Å². The highest BCUT2D eigenvalue weighted by molar-refractivity contribution is 7.99. The van der Waals surface area contributed by atoms with Crippen LogP contribution in [0.25, 0.3) is 0 Å². The molecule has 0 aliphatic carbocycles. The minimum Gasteiger partial charge on any atom is -0.481 e. The first-order valence-corrected chi connectivity index (χ1v) is 15.5. The maximum Gasteiger partial charge on any atom is 0.336 e. The predicted octanol–water partition coefficient (Wildman–Crippen LogP) is 7.23. The van der Waals surface area contributed by atoms with Gasteiger partial charge in [0.1, 0.15) is 0 Å². The molecule has 1 aromatic carbocycles. The minimum absolute atomic E-state index is 0.136. The zero-order valence-electron chi connectivity index (χ0n) is 22.8. The van der Waals surface area contributed by atoms with Crippen molar-refractivity contribution in [3.63, 3.8) is 0 Å². The first-order valence-electron chi connectivity index (χ1n) is 13.4. The van der Waals surface area contributed by atoms with Crippen LogP contribution in [0.4, 0.5) is 0 Å². The van der Waals surface area contributed by atoms with Crippen molar-refractivity contribution in [3.8, 4) is 0 Å². The smallest absolute Gasteiger partial charge is 0.336 e. The molecule has 214 valence electrons. The van der Waals surface area contributed by atoms with Crippen LogP contribution in [0.5, 0.6) is 0 Å². The summed E-state index contributed by atoms with van der Waals surface area (Å²) < 4.78 is 0. The second-order valence-corrected chi connectivity index (χ2v) is 12.0. The van der Waals surface area contributed by atoms with E-state index in [2.05, 4.69) is 0 Å². The highest BCUT2D eigenvalue weighted by atomic mass is 32.2. The molecule has 0 bridgehead atoms. The van der Waals surface area contributed by atoms with Crippen molar-refractivity contribution in [1.82, 2.24) is 0 Å². The van der Waals surface area contributed by atoms with Crippen LogP contribution < -0.4 is 0 Å². The van der Waals surface area contributed by atoms with Crippen LogP contribution in [0.3, 0.4) is 0 Å². The molecule has 0 radical (unpaired) electrons. The first-order chi connectivity index (χ1) is 18.0. The molecule has 4 atom stereocenters. The van der Waals surface area contributed by atoms with Crippen molar-refractivity contribution < 1.29 is 39.6 Å². The Balaban J connectivity index is 3.40. The predicted molar refractivity (Wildman–Crippen MR) is 153 cm³/mol. The Bertz CT molecular complexity index is 949. The van der Waals surface area contributed by atoms with E-state index in [1.807, 2.05) is 27.7 Å². The number of hydrogen-bond acceptors (Lipinski definition) is 6. The molecule has 0 aliphatic rings. The molecule has 0 spiro atoms.